The van der Waals surface area contributed by atoms with E-state index in [0.717, 1.165) is 80.4 Å². The van der Waals surface area contributed by atoms with Crippen molar-refractivity contribution in [2.45, 2.75) is 57.5 Å². The Bertz CT molecular complexity index is 1380. The molecule has 0 bridgehead atoms. The predicted octanol–water partition coefficient (Wildman–Crippen LogP) is 5.76. The lowest BCUT2D eigenvalue weighted by molar-refractivity contribution is 0.0968. The molecule has 0 radical (unpaired) electrons. The van der Waals surface area contributed by atoms with Crippen molar-refractivity contribution in [1.29, 1.82) is 5.26 Å². The lowest BCUT2D eigenvalue weighted by Crippen LogP contribution is -2.58. The molecule has 3 aliphatic rings. The zero-order chi connectivity index (χ0) is 27.5. The van der Waals surface area contributed by atoms with Crippen molar-refractivity contribution < 1.29 is 4.74 Å². The quantitative estimate of drug-likeness (QED) is 0.415. The highest BCUT2D eigenvalue weighted by atomic mass is 16.5. The van der Waals surface area contributed by atoms with Crippen LogP contribution in [0.15, 0.2) is 60.7 Å². The van der Waals surface area contributed by atoms with Crippen LogP contribution in [0.4, 0.5) is 5.69 Å². The maximum Gasteiger partial charge on any atom is 0.128 e. The van der Waals surface area contributed by atoms with Crippen LogP contribution in [0.5, 0.6) is 5.75 Å². The molecule has 4 heterocycles. The average molecular weight is 536 g/mol. The molecule has 3 atom stereocenters. The Morgan fingerprint density at radius 2 is 1.95 bits per heavy atom. The van der Waals surface area contributed by atoms with E-state index in [1.165, 1.54) is 24.1 Å². The Balaban J connectivity index is 1.38. The summed E-state index contributed by atoms with van der Waals surface area (Å²) >= 11 is 0. The van der Waals surface area contributed by atoms with Gasteiger partial charge in [-0.3, -0.25) is 9.88 Å². The number of nitrogens with one attached hydrogen (secondary N) is 1. The first kappa shape index (κ1) is 26.8. The number of hydrogen-bond acceptors (Lipinski definition) is 6. The predicted molar refractivity (Wildman–Crippen MR) is 161 cm³/mol. The first-order valence-electron chi connectivity index (χ1n) is 15.1. The lowest BCUT2D eigenvalue weighted by Gasteiger charge is -2.53. The van der Waals surface area contributed by atoms with Crippen LogP contribution in [0.25, 0.3) is 11.3 Å². The van der Waals surface area contributed by atoms with Crippen molar-refractivity contribution in [2.75, 3.05) is 44.2 Å². The molecule has 1 N–H and O–H groups in total. The summed E-state index contributed by atoms with van der Waals surface area (Å²) in [7, 11) is 0. The molecule has 208 valence electrons. The van der Waals surface area contributed by atoms with E-state index >= 15 is 0 Å². The molecule has 2 aromatic carbocycles. The van der Waals surface area contributed by atoms with Crippen molar-refractivity contribution in [2.24, 2.45) is 5.92 Å². The van der Waals surface area contributed by atoms with Crippen molar-refractivity contribution in [1.82, 2.24) is 15.2 Å². The molecule has 3 aliphatic heterocycles. The summed E-state index contributed by atoms with van der Waals surface area (Å²) in [5.74, 6) is 1.36. The maximum absolute atomic E-state index is 9.78. The molecule has 6 heteroatoms. The van der Waals surface area contributed by atoms with Crippen molar-refractivity contribution >= 4 is 5.69 Å². The number of benzene rings is 2. The van der Waals surface area contributed by atoms with E-state index in [2.05, 4.69) is 64.5 Å². The van der Waals surface area contributed by atoms with Crippen LogP contribution in [-0.4, -0.2) is 55.3 Å². The van der Waals surface area contributed by atoms with Crippen molar-refractivity contribution in [3.8, 4) is 23.1 Å². The number of rotatable bonds is 7. The number of piperidine rings is 1. The molecule has 0 aliphatic carbocycles. The fraction of sp³-hybridized carbons (Fsp3) is 0.471. The van der Waals surface area contributed by atoms with Gasteiger partial charge in [-0.25, -0.2) is 0 Å². The monoisotopic (exact) mass is 535 g/mol. The van der Waals surface area contributed by atoms with E-state index in [-0.39, 0.29) is 5.41 Å². The first-order chi connectivity index (χ1) is 19.6. The smallest absolute Gasteiger partial charge is 0.128 e. The fourth-order valence-electron chi connectivity index (χ4n) is 7.51. The summed E-state index contributed by atoms with van der Waals surface area (Å²) in [5.41, 5.74) is 6.59. The molecule has 1 aromatic heterocycles. The van der Waals surface area contributed by atoms with Gasteiger partial charge in [0.05, 0.1) is 29.2 Å². The van der Waals surface area contributed by atoms with E-state index in [1.807, 2.05) is 31.2 Å². The molecule has 0 saturated carbocycles. The molecule has 1 spiro atoms. The van der Waals surface area contributed by atoms with E-state index < -0.39 is 0 Å². The molecule has 0 amide bonds. The summed E-state index contributed by atoms with van der Waals surface area (Å²) in [6.07, 6.45) is 4.67. The zero-order valence-corrected chi connectivity index (χ0v) is 23.9. The normalized spacial score (nSPS) is 24.6. The molecular formula is C34H41N5O. The molecule has 3 aromatic rings. The topological polar surface area (TPSA) is 64.4 Å². The summed E-state index contributed by atoms with van der Waals surface area (Å²) < 4.78 is 5.98. The second-order valence-corrected chi connectivity index (χ2v) is 11.7. The highest BCUT2D eigenvalue weighted by molar-refractivity contribution is 5.68. The van der Waals surface area contributed by atoms with E-state index in [9.17, 15) is 5.26 Å². The van der Waals surface area contributed by atoms with Gasteiger partial charge >= 0.3 is 0 Å². The second kappa shape index (κ2) is 11.6. The molecular weight excluding hydrogens is 494 g/mol. The van der Waals surface area contributed by atoms with E-state index in [4.69, 9.17) is 9.72 Å². The summed E-state index contributed by atoms with van der Waals surface area (Å²) in [4.78, 5) is 10.5. The van der Waals surface area contributed by atoms with E-state index in [0.29, 0.717) is 18.6 Å². The van der Waals surface area contributed by atoms with Gasteiger partial charge in [0.25, 0.3) is 0 Å². The van der Waals surface area contributed by atoms with Crippen LogP contribution < -0.4 is 15.0 Å². The molecule has 6 rings (SSSR count). The van der Waals surface area contributed by atoms with Crippen LogP contribution >= 0.6 is 0 Å². The molecule has 2 saturated heterocycles. The Labute approximate surface area is 239 Å². The van der Waals surface area contributed by atoms with Gasteiger partial charge < -0.3 is 15.0 Å². The minimum atomic E-state index is 0.0456. The van der Waals surface area contributed by atoms with Gasteiger partial charge in [0.2, 0.25) is 0 Å². The third-order valence-corrected chi connectivity index (χ3v) is 9.40. The minimum Gasteiger partial charge on any atom is -0.493 e. The standard InChI is InChI=1S/C34H41N5O/c1-3-26-21-39(32-13-7-5-10-25(32)20-35)19-17-34(26)24-38(22-27-11-9-18-36-27)23-31-29(34)15-16-30(37-31)28-12-6-8-14-33(28)40-4-2/h5-8,10,12-16,26-27,36H,3-4,9,11,17-19,21-24H2,1-2H3/t26?,27-,34?/m1/s1. The number of ether oxygens (including phenoxy) is 1. The van der Waals surface area contributed by atoms with Crippen LogP contribution in [0.3, 0.4) is 0 Å². The first-order valence-corrected chi connectivity index (χ1v) is 15.1. The van der Waals surface area contributed by atoms with Gasteiger partial charge in [0.1, 0.15) is 11.8 Å². The van der Waals surface area contributed by atoms with Crippen LogP contribution in [0.1, 0.15) is 56.4 Å². The largest absolute Gasteiger partial charge is 0.493 e. The molecule has 40 heavy (non-hydrogen) atoms. The SMILES string of the molecule is CCOc1ccccc1-c1ccc2c(n1)CN(C[C@H]1CCCN1)CC21CCN(c2ccccc2C#N)CC1CC. The third kappa shape index (κ3) is 4.98. The summed E-state index contributed by atoms with van der Waals surface area (Å²) in [6.45, 7) is 11.1. The van der Waals surface area contributed by atoms with Gasteiger partial charge in [-0.1, -0.05) is 43.7 Å². The number of hydrogen-bond donors (Lipinski definition) is 1. The minimum absolute atomic E-state index is 0.0456. The Morgan fingerprint density at radius 1 is 1.10 bits per heavy atom. The van der Waals surface area contributed by atoms with Gasteiger partial charge in [-0.05, 0) is 74.5 Å². The van der Waals surface area contributed by atoms with Crippen LogP contribution in [0.2, 0.25) is 0 Å². The van der Waals surface area contributed by atoms with Crippen molar-refractivity contribution in [3.05, 3.63) is 77.5 Å². The molecule has 2 fully saturated rings. The second-order valence-electron chi connectivity index (χ2n) is 11.7. The van der Waals surface area contributed by atoms with Gasteiger partial charge in [0.15, 0.2) is 0 Å². The van der Waals surface area contributed by atoms with Crippen LogP contribution in [0, 0.1) is 17.2 Å². The Morgan fingerprint density at radius 3 is 2.75 bits per heavy atom. The van der Waals surface area contributed by atoms with Gasteiger partial charge in [-0.2, -0.15) is 5.26 Å². The number of nitrogens with zero attached hydrogens (tertiary/aromatic N) is 4. The van der Waals surface area contributed by atoms with Crippen molar-refractivity contribution in [3.63, 3.8) is 0 Å². The number of para-hydroxylation sites is 2. The number of fused-ring (bicyclic) bond motifs is 2. The van der Waals surface area contributed by atoms with Gasteiger partial charge in [0, 0.05) is 49.7 Å². The Kier molecular flexibility index (Phi) is 7.78. The highest BCUT2D eigenvalue weighted by Crippen LogP contribution is 2.47. The highest BCUT2D eigenvalue weighted by Gasteiger charge is 2.48. The number of nitriles is 1. The number of anilines is 1. The third-order valence-electron chi connectivity index (χ3n) is 9.40. The van der Waals surface area contributed by atoms with Crippen LogP contribution in [-0.2, 0) is 12.0 Å². The summed E-state index contributed by atoms with van der Waals surface area (Å²) in [6, 6.07) is 23.9. The maximum atomic E-state index is 9.78. The summed E-state index contributed by atoms with van der Waals surface area (Å²) in [5, 5.41) is 13.5. The lowest BCUT2D eigenvalue weighted by atomic mass is 9.62. The molecule has 2 unspecified atom stereocenters. The number of aromatic nitrogens is 1. The average Bonchev–Trinajstić information content (AvgIpc) is 3.50. The zero-order valence-electron chi connectivity index (χ0n) is 23.9. The Hall–Kier alpha value is -3.40. The number of pyridine rings is 1. The van der Waals surface area contributed by atoms with E-state index in [1.54, 1.807) is 0 Å². The molecule has 6 nitrogen and oxygen atoms in total. The van der Waals surface area contributed by atoms with Gasteiger partial charge in [-0.15, -0.1) is 0 Å². The fourth-order valence-corrected chi connectivity index (χ4v) is 7.51.